The molecule has 0 fully saturated rings. The molecule has 5 nitrogen and oxygen atoms in total. The molecule has 0 atom stereocenters. The highest BCUT2D eigenvalue weighted by Crippen LogP contribution is 2.32. The second-order valence-electron chi connectivity index (χ2n) is 2.72. The monoisotopic (exact) mass is 339 g/mol. The van der Waals surface area contributed by atoms with Crippen molar-refractivity contribution in [2.24, 2.45) is 0 Å². The summed E-state index contributed by atoms with van der Waals surface area (Å²) in [6, 6.07) is 2.61. The van der Waals surface area contributed by atoms with Crippen LogP contribution in [0, 0.1) is 25.1 Å². The molecule has 1 aromatic rings. The Hall–Kier alpha value is -1.37. The van der Waals surface area contributed by atoms with Crippen molar-refractivity contribution < 1.29 is 13.7 Å². The first kappa shape index (κ1) is 12.7. The van der Waals surface area contributed by atoms with E-state index < -0.39 is 22.6 Å². The smallest absolute Gasteiger partial charge is 0.258 e. The topological polar surface area (TPSA) is 79.8 Å². The van der Waals surface area contributed by atoms with Gasteiger partial charge in [0, 0.05) is 6.07 Å². The maximum absolute atomic E-state index is 12.6. The van der Waals surface area contributed by atoms with E-state index in [0.717, 1.165) is 6.07 Å². The maximum atomic E-state index is 12.6. The van der Waals surface area contributed by atoms with E-state index in [0.29, 0.717) is 0 Å². The van der Waals surface area contributed by atoms with E-state index in [1.807, 2.05) is 0 Å². The van der Waals surface area contributed by atoms with Crippen molar-refractivity contribution in [3.63, 3.8) is 0 Å². The minimum atomic E-state index is -3.02. The Labute approximate surface area is 102 Å². The van der Waals surface area contributed by atoms with Crippen LogP contribution in [-0.2, 0) is 6.42 Å². The number of nitro groups is 1. The van der Waals surface area contributed by atoms with Crippen LogP contribution in [0.2, 0.25) is 0 Å². The first-order valence-corrected chi connectivity index (χ1v) is 5.04. The Balaban J connectivity index is 3.48. The fourth-order valence-corrected chi connectivity index (χ4v) is 1.74. The lowest BCUT2D eigenvalue weighted by Gasteiger charge is -2.06. The van der Waals surface area contributed by atoms with E-state index in [-0.39, 0.29) is 15.8 Å². The van der Waals surface area contributed by atoms with Gasteiger partial charge in [-0.05, 0) is 22.6 Å². The standard InChI is InChI=1S/C8H4F2IN3O2/c9-8(10)7-4(1-2-12)13-6(11)3-5(7)14(15)16/h3,8H,1H2. The van der Waals surface area contributed by atoms with Crippen LogP contribution < -0.4 is 0 Å². The summed E-state index contributed by atoms with van der Waals surface area (Å²) >= 11 is 1.67. The van der Waals surface area contributed by atoms with Gasteiger partial charge in [-0.25, -0.2) is 13.8 Å². The number of pyridine rings is 1. The number of alkyl halides is 2. The van der Waals surface area contributed by atoms with Crippen molar-refractivity contribution in [1.29, 1.82) is 5.26 Å². The van der Waals surface area contributed by atoms with Gasteiger partial charge in [0.1, 0.15) is 9.26 Å². The fourth-order valence-electron chi connectivity index (χ4n) is 1.16. The molecule has 0 saturated heterocycles. The third-order valence-electron chi connectivity index (χ3n) is 1.75. The highest BCUT2D eigenvalue weighted by molar-refractivity contribution is 14.1. The number of nitriles is 1. The van der Waals surface area contributed by atoms with Gasteiger partial charge in [-0.1, -0.05) is 0 Å². The molecule has 16 heavy (non-hydrogen) atoms. The minimum absolute atomic E-state index is 0.207. The molecule has 0 aromatic carbocycles. The van der Waals surface area contributed by atoms with Gasteiger partial charge in [0.2, 0.25) is 0 Å². The summed E-state index contributed by atoms with van der Waals surface area (Å²) < 4.78 is 25.5. The van der Waals surface area contributed by atoms with Crippen molar-refractivity contribution in [1.82, 2.24) is 4.98 Å². The van der Waals surface area contributed by atoms with Crippen LogP contribution in [0.5, 0.6) is 0 Å². The lowest BCUT2D eigenvalue weighted by atomic mass is 10.1. The highest BCUT2D eigenvalue weighted by atomic mass is 127. The molecule has 1 rings (SSSR count). The molecule has 0 N–H and O–H groups in total. The van der Waals surface area contributed by atoms with Crippen LogP contribution >= 0.6 is 22.6 Å². The summed E-state index contributed by atoms with van der Waals surface area (Å²) in [7, 11) is 0. The third-order valence-corrected chi connectivity index (χ3v) is 2.30. The summed E-state index contributed by atoms with van der Waals surface area (Å²) in [5.41, 5.74) is -1.71. The van der Waals surface area contributed by atoms with Gasteiger partial charge in [0.15, 0.2) is 0 Å². The minimum Gasteiger partial charge on any atom is -0.258 e. The fraction of sp³-hybridized carbons (Fsp3) is 0.250. The Kier molecular flexibility index (Phi) is 4.05. The Morgan fingerprint density at radius 3 is 2.75 bits per heavy atom. The molecule has 0 aliphatic heterocycles. The zero-order valence-electron chi connectivity index (χ0n) is 7.65. The molecule has 1 aromatic heterocycles. The second-order valence-corrected chi connectivity index (χ2v) is 3.82. The summed E-state index contributed by atoms with van der Waals surface area (Å²) in [5, 5.41) is 19.0. The van der Waals surface area contributed by atoms with Crippen molar-refractivity contribution in [2.45, 2.75) is 12.8 Å². The molecule has 0 saturated carbocycles. The average molecular weight is 339 g/mol. The lowest BCUT2D eigenvalue weighted by Crippen LogP contribution is -2.05. The molecule has 1 heterocycles. The molecule has 84 valence electrons. The predicted molar refractivity (Wildman–Crippen MR) is 57.9 cm³/mol. The molecule has 0 aliphatic carbocycles. The van der Waals surface area contributed by atoms with Crippen molar-refractivity contribution in [3.05, 3.63) is 31.1 Å². The van der Waals surface area contributed by atoms with Gasteiger partial charge in [0.25, 0.3) is 12.1 Å². The van der Waals surface area contributed by atoms with Crippen LogP contribution in [0.15, 0.2) is 6.07 Å². The van der Waals surface area contributed by atoms with E-state index in [1.54, 1.807) is 28.7 Å². The molecule has 0 radical (unpaired) electrons. The van der Waals surface area contributed by atoms with E-state index >= 15 is 0 Å². The Morgan fingerprint density at radius 1 is 1.69 bits per heavy atom. The van der Waals surface area contributed by atoms with E-state index in [1.165, 1.54) is 0 Å². The van der Waals surface area contributed by atoms with Crippen LogP contribution in [0.25, 0.3) is 0 Å². The molecular formula is C8H4F2IN3O2. The maximum Gasteiger partial charge on any atom is 0.282 e. The van der Waals surface area contributed by atoms with Crippen LogP contribution in [0.3, 0.4) is 0 Å². The van der Waals surface area contributed by atoms with Gasteiger partial charge in [0.05, 0.1) is 23.1 Å². The molecule has 0 unspecified atom stereocenters. The normalized spacial score (nSPS) is 10.2. The average Bonchev–Trinajstić information content (AvgIpc) is 2.16. The quantitative estimate of drug-likeness (QED) is 0.367. The van der Waals surface area contributed by atoms with Crippen molar-refractivity contribution in [2.75, 3.05) is 0 Å². The molecular weight excluding hydrogens is 335 g/mol. The highest BCUT2D eigenvalue weighted by Gasteiger charge is 2.27. The van der Waals surface area contributed by atoms with Gasteiger partial charge >= 0.3 is 0 Å². The van der Waals surface area contributed by atoms with E-state index in [4.69, 9.17) is 5.26 Å². The second kappa shape index (κ2) is 5.11. The van der Waals surface area contributed by atoms with Crippen LogP contribution in [-0.4, -0.2) is 9.91 Å². The van der Waals surface area contributed by atoms with Crippen molar-refractivity contribution >= 4 is 28.3 Å². The molecule has 0 bridgehead atoms. The van der Waals surface area contributed by atoms with Crippen LogP contribution in [0.4, 0.5) is 14.5 Å². The Morgan fingerprint density at radius 2 is 2.31 bits per heavy atom. The van der Waals surface area contributed by atoms with Crippen LogP contribution in [0.1, 0.15) is 17.7 Å². The van der Waals surface area contributed by atoms with Gasteiger partial charge in [-0.2, -0.15) is 5.26 Å². The lowest BCUT2D eigenvalue weighted by molar-refractivity contribution is -0.386. The number of rotatable bonds is 3. The number of nitrogens with zero attached hydrogens (tertiary/aromatic N) is 3. The van der Waals surface area contributed by atoms with Gasteiger partial charge in [-0.3, -0.25) is 10.1 Å². The summed E-state index contributed by atoms with van der Waals surface area (Å²) in [5.74, 6) is 0. The largest absolute Gasteiger partial charge is 0.282 e. The Bertz CT molecular complexity index is 473. The van der Waals surface area contributed by atoms with Gasteiger partial charge < -0.3 is 0 Å². The molecule has 8 heteroatoms. The van der Waals surface area contributed by atoms with E-state index in [2.05, 4.69) is 4.98 Å². The first-order valence-electron chi connectivity index (χ1n) is 3.96. The summed E-state index contributed by atoms with van der Waals surface area (Å²) in [4.78, 5) is 13.4. The molecule has 0 amide bonds. The zero-order valence-corrected chi connectivity index (χ0v) is 9.81. The number of halogens is 3. The van der Waals surface area contributed by atoms with Crippen molar-refractivity contribution in [3.8, 4) is 6.07 Å². The number of aromatic nitrogens is 1. The first-order chi connectivity index (χ1) is 7.47. The summed E-state index contributed by atoms with van der Waals surface area (Å²) in [6.45, 7) is 0. The zero-order chi connectivity index (χ0) is 12.3. The number of hydrogen-bond acceptors (Lipinski definition) is 4. The number of hydrogen-bond donors (Lipinski definition) is 0. The molecule has 0 spiro atoms. The summed E-state index contributed by atoms with van der Waals surface area (Å²) in [6.07, 6.45) is -3.40. The predicted octanol–water partition coefficient (Wildman–Crippen LogP) is 2.60. The van der Waals surface area contributed by atoms with Gasteiger partial charge in [-0.15, -0.1) is 0 Å². The third kappa shape index (κ3) is 2.60. The molecule has 0 aliphatic rings. The van der Waals surface area contributed by atoms with E-state index in [9.17, 15) is 18.9 Å². The SMILES string of the molecule is N#CCc1nc(I)cc([N+](=O)[O-])c1C(F)F.